The van der Waals surface area contributed by atoms with Crippen molar-refractivity contribution in [2.45, 2.75) is 66.7 Å². The van der Waals surface area contributed by atoms with Gasteiger partial charge in [-0.05, 0) is 33.6 Å². The summed E-state index contributed by atoms with van der Waals surface area (Å²) in [5, 5.41) is 7.26. The second kappa shape index (κ2) is 9.37. The minimum absolute atomic E-state index is 0.0967. The third-order valence-corrected chi connectivity index (χ3v) is 6.67. The van der Waals surface area contributed by atoms with E-state index in [2.05, 4.69) is 24.3 Å². The average molecular weight is 415 g/mol. The van der Waals surface area contributed by atoms with Crippen LogP contribution in [0.1, 0.15) is 44.6 Å². The summed E-state index contributed by atoms with van der Waals surface area (Å²) in [7, 11) is -3.42. The zero-order valence-corrected chi connectivity index (χ0v) is 18.7. The molecule has 1 N–H and O–H groups in total. The van der Waals surface area contributed by atoms with Crippen molar-refractivity contribution in [1.82, 2.24) is 19.4 Å². The predicted octanol–water partition coefficient (Wildman–Crippen LogP) is 1.25. The molecule has 160 valence electrons. The molecule has 0 bridgehead atoms. The Morgan fingerprint density at radius 3 is 2.43 bits per heavy atom. The first kappa shape index (κ1) is 22.8. The summed E-state index contributed by atoms with van der Waals surface area (Å²) in [6.45, 7) is 13.5. The van der Waals surface area contributed by atoms with E-state index in [-0.39, 0.29) is 36.8 Å². The first-order valence-electron chi connectivity index (χ1n) is 9.92. The van der Waals surface area contributed by atoms with E-state index < -0.39 is 10.0 Å². The minimum atomic E-state index is -3.42. The van der Waals surface area contributed by atoms with Gasteiger partial charge in [0.2, 0.25) is 15.9 Å². The molecule has 8 nitrogen and oxygen atoms in total. The number of carbonyl (C=O) groups is 1. The van der Waals surface area contributed by atoms with Gasteiger partial charge < -0.3 is 10.1 Å². The summed E-state index contributed by atoms with van der Waals surface area (Å²) in [5.41, 5.74) is 2.75. The van der Waals surface area contributed by atoms with Crippen LogP contribution in [0.25, 0.3) is 0 Å². The number of sulfonamides is 1. The third kappa shape index (κ3) is 6.02. The van der Waals surface area contributed by atoms with Crippen molar-refractivity contribution in [2.24, 2.45) is 5.92 Å². The van der Waals surface area contributed by atoms with Crippen molar-refractivity contribution in [3.63, 3.8) is 0 Å². The Hall–Kier alpha value is -1.45. The lowest BCUT2D eigenvalue weighted by molar-refractivity contribution is -0.120. The molecular formula is C19H34N4O4S. The molecule has 1 saturated heterocycles. The van der Waals surface area contributed by atoms with E-state index in [1.807, 2.05) is 32.4 Å². The van der Waals surface area contributed by atoms with Gasteiger partial charge in [-0.25, -0.2) is 8.42 Å². The molecule has 1 aliphatic rings. The Bertz CT molecular complexity index is 778. The Balaban J connectivity index is 1.88. The van der Waals surface area contributed by atoms with Gasteiger partial charge in [0.1, 0.15) is 0 Å². The van der Waals surface area contributed by atoms with Crippen LogP contribution in [-0.2, 0) is 32.5 Å². The number of hydrogen-bond acceptors (Lipinski definition) is 5. The lowest BCUT2D eigenvalue weighted by atomic mass is 10.1. The van der Waals surface area contributed by atoms with Crippen molar-refractivity contribution < 1.29 is 17.9 Å². The first-order valence-corrected chi connectivity index (χ1v) is 11.5. The fourth-order valence-electron chi connectivity index (χ4n) is 3.54. The van der Waals surface area contributed by atoms with Crippen molar-refractivity contribution in [3.8, 4) is 0 Å². The summed E-state index contributed by atoms with van der Waals surface area (Å²) >= 11 is 0. The fourth-order valence-corrected chi connectivity index (χ4v) is 5.04. The maximum atomic E-state index is 12.5. The number of amides is 1. The molecule has 2 rings (SSSR count). The van der Waals surface area contributed by atoms with Gasteiger partial charge in [-0.1, -0.05) is 13.8 Å². The van der Waals surface area contributed by atoms with Crippen LogP contribution in [0.4, 0.5) is 0 Å². The Kier molecular flexibility index (Phi) is 7.64. The summed E-state index contributed by atoms with van der Waals surface area (Å²) in [4.78, 5) is 12.3. The lowest BCUT2D eigenvalue weighted by Gasteiger charge is -2.34. The van der Waals surface area contributed by atoms with Crippen LogP contribution in [0.2, 0.25) is 0 Å². The number of rotatable bonds is 8. The van der Waals surface area contributed by atoms with E-state index in [4.69, 9.17) is 4.74 Å². The van der Waals surface area contributed by atoms with Crippen LogP contribution in [0.3, 0.4) is 0 Å². The highest BCUT2D eigenvalue weighted by Crippen LogP contribution is 2.16. The molecule has 1 amide bonds. The second-order valence-corrected chi connectivity index (χ2v) is 10.2. The Labute approximate surface area is 168 Å². The highest BCUT2D eigenvalue weighted by Gasteiger charge is 2.30. The molecule has 2 heterocycles. The Morgan fingerprint density at radius 2 is 1.86 bits per heavy atom. The zero-order valence-electron chi connectivity index (χ0n) is 17.9. The fraction of sp³-hybridized carbons (Fsp3) is 0.789. The van der Waals surface area contributed by atoms with Crippen LogP contribution in [0.5, 0.6) is 0 Å². The maximum Gasteiger partial charge on any atom is 0.224 e. The van der Waals surface area contributed by atoms with Crippen LogP contribution >= 0.6 is 0 Å². The van der Waals surface area contributed by atoms with E-state index in [0.29, 0.717) is 19.0 Å². The number of hydrogen-bond donors (Lipinski definition) is 1. The molecule has 0 unspecified atom stereocenters. The molecule has 0 saturated carbocycles. The van der Waals surface area contributed by atoms with E-state index >= 15 is 0 Å². The third-order valence-electron chi connectivity index (χ3n) is 4.87. The van der Waals surface area contributed by atoms with Crippen molar-refractivity contribution in [3.05, 3.63) is 17.0 Å². The van der Waals surface area contributed by atoms with Gasteiger partial charge in [-0.15, -0.1) is 0 Å². The molecule has 1 aromatic heterocycles. The van der Waals surface area contributed by atoms with Gasteiger partial charge in [0.25, 0.3) is 0 Å². The molecule has 2 atom stereocenters. The first-order chi connectivity index (χ1) is 13.0. The maximum absolute atomic E-state index is 12.5. The standard InChI is InChI=1S/C19H34N4O4S/c1-13(2)10-23-17(6)18(16(5)21-23)9-19(24)20-7-8-28(25,26)22-11-14(3)27-15(4)12-22/h13-15H,7-12H2,1-6H3,(H,20,24)/t14-,15-/m1/s1. The van der Waals surface area contributed by atoms with Crippen LogP contribution in [0.15, 0.2) is 0 Å². The van der Waals surface area contributed by atoms with Gasteiger partial charge in [0, 0.05) is 37.4 Å². The summed E-state index contributed by atoms with van der Waals surface area (Å²) in [5.74, 6) is 0.174. The monoisotopic (exact) mass is 414 g/mol. The smallest absolute Gasteiger partial charge is 0.224 e. The summed E-state index contributed by atoms with van der Waals surface area (Å²) in [6, 6.07) is 0. The molecule has 0 radical (unpaired) electrons. The van der Waals surface area contributed by atoms with Crippen molar-refractivity contribution >= 4 is 15.9 Å². The second-order valence-electron chi connectivity index (χ2n) is 8.14. The molecule has 0 spiro atoms. The molecule has 0 aromatic carbocycles. The molecule has 0 aliphatic carbocycles. The molecule has 28 heavy (non-hydrogen) atoms. The van der Waals surface area contributed by atoms with E-state index in [1.54, 1.807) is 0 Å². The highest BCUT2D eigenvalue weighted by molar-refractivity contribution is 7.89. The normalized spacial score (nSPS) is 21.2. The van der Waals surface area contributed by atoms with Gasteiger partial charge in [0.15, 0.2) is 0 Å². The van der Waals surface area contributed by atoms with Gasteiger partial charge >= 0.3 is 0 Å². The molecule has 1 aromatic rings. The highest BCUT2D eigenvalue weighted by atomic mass is 32.2. The number of morpholine rings is 1. The minimum Gasteiger partial charge on any atom is -0.373 e. The average Bonchev–Trinajstić information content (AvgIpc) is 2.80. The summed E-state index contributed by atoms with van der Waals surface area (Å²) in [6.07, 6.45) is -0.0376. The molecule has 9 heteroatoms. The van der Waals surface area contributed by atoms with Crippen molar-refractivity contribution in [2.75, 3.05) is 25.4 Å². The van der Waals surface area contributed by atoms with Gasteiger partial charge in [0.05, 0.1) is 30.1 Å². The predicted molar refractivity (Wildman–Crippen MR) is 109 cm³/mol. The van der Waals surface area contributed by atoms with E-state index in [9.17, 15) is 13.2 Å². The zero-order chi connectivity index (χ0) is 21.1. The summed E-state index contributed by atoms with van der Waals surface area (Å²) < 4.78 is 34.1. The Morgan fingerprint density at radius 1 is 1.25 bits per heavy atom. The quantitative estimate of drug-likeness (QED) is 0.691. The van der Waals surface area contributed by atoms with Gasteiger partial charge in [-0.2, -0.15) is 9.40 Å². The number of nitrogens with zero attached hydrogens (tertiary/aromatic N) is 3. The van der Waals surface area contributed by atoms with E-state index in [1.165, 1.54) is 4.31 Å². The molecule has 1 aliphatic heterocycles. The van der Waals surface area contributed by atoms with E-state index in [0.717, 1.165) is 23.5 Å². The van der Waals surface area contributed by atoms with Crippen LogP contribution < -0.4 is 5.32 Å². The number of ether oxygens (including phenoxy) is 1. The molecule has 1 fully saturated rings. The lowest BCUT2D eigenvalue weighted by Crippen LogP contribution is -2.49. The largest absolute Gasteiger partial charge is 0.373 e. The number of aromatic nitrogens is 2. The van der Waals surface area contributed by atoms with Crippen molar-refractivity contribution in [1.29, 1.82) is 0 Å². The van der Waals surface area contributed by atoms with Crippen LogP contribution in [-0.4, -0.2) is 66.0 Å². The number of aryl methyl sites for hydroxylation is 1. The topological polar surface area (TPSA) is 93.5 Å². The molecular weight excluding hydrogens is 380 g/mol. The number of carbonyl (C=O) groups excluding carboxylic acids is 1. The van der Waals surface area contributed by atoms with Gasteiger partial charge in [-0.3, -0.25) is 9.48 Å². The van der Waals surface area contributed by atoms with Crippen LogP contribution in [0, 0.1) is 19.8 Å². The number of nitrogens with one attached hydrogen (secondary N) is 1. The SMILES string of the molecule is Cc1nn(CC(C)C)c(C)c1CC(=O)NCCS(=O)(=O)N1C[C@@H](C)O[C@H](C)C1.